The molecule has 0 atom stereocenters. The highest BCUT2D eigenvalue weighted by Gasteiger charge is 2.49. The van der Waals surface area contributed by atoms with E-state index < -0.39 is 5.92 Å². The zero-order valence-corrected chi connectivity index (χ0v) is 32.3. The number of ether oxygens (including phenoxy) is 2. The number of benzene rings is 3. The summed E-state index contributed by atoms with van der Waals surface area (Å²) >= 11 is 2.20. The molecule has 1 amide bonds. The lowest BCUT2D eigenvalue weighted by Crippen LogP contribution is -2.45. The second-order valence-corrected chi connectivity index (χ2v) is 16.8. The molecule has 0 bridgehead atoms. The monoisotopic (exact) mass is 786 g/mol. The van der Waals surface area contributed by atoms with Crippen molar-refractivity contribution >= 4 is 45.8 Å². The average Bonchev–Trinajstić information content (AvgIpc) is 3.03. The standard InChI is InChI=1S/C42H47IN2O5/c1-25-13-14-30(26(2)17-25)44-36(48)24-50-40-29(43)18-28(19-35(40)49-7)37-38-31(20-41(3,4)22-33(38)46)45(16-15-27-11-9-8-10-12-27)32-21-42(5,6)23-34(47)39(32)37/h8-14,17-19,37H,15-16,20-24H2,1-7H3,(H,44,48). The number of amides is 1. The normalized spacial score (nSPS) is 18.5. The molecule has 0 unspecified atom stereocenters. The SMILES string of the molecule is COc1cc(C2C3=C(CC(C)(C)CC3=O)N(CCc3ccccc3)C3=C2C(=O)CC(C)(C)C3)cc(I)c1OCC(=O)Nc1ccc(C)cc1C. The highest BCUT2D eigenvalue weighted by molar-refractivity contribution is 14.1. The van der Waals surface area contributed by atoms with Crippen molar-refractivity contribution in [2.75, 3.05) is 25.6 Å². The van der Waals surface area contributed by atoms with Gasteiger partial charge in [-0.3, -0.25) is 14.4 Å². The van der Waals surface area contributed by atoms with Gasteiger partial charge in [0.25, 0.3) is 5.91 Å². The number of carbonyl (C=O) groups excluding carboxylic acids is 3. The third-order valence-corrected chi connectivity index (χ3v) is 10.9. The second kappa shape index (κ2) is 14.0. The first-order valence-electron chi connectivity index (χ1n) is 17.4. The predicted molar refractivity (Wildman–Crippen MR) is 205 cm³/mol. The van der Waals surface area contributed by atoms with Crippen molar-refractivity contribution in [2.24, 2.45) is 10.8 Å². The lowest BCUT2D eigenvalue weighted by Gasteiger charge is -2.49. The second-order valence-electron chi connectivity index (χ2n) is 15.6. The topological polar surface area (TPSA) is 84.9 Å². The smallest absolute Gasteiger partial charge is 0.262 e. The Morgan fingerprint density at radius 3 is 2.08 bits per heavy atom. The summed E-state index contributed by atoms with van der Waals surface area (Å²) in [5.41, 5.74) is 7.99. The molecule has 0 aromatic heterocycles. The Balaban J connectivity index is 1.40. The quantitative estimate of drug-likeness (QED) is 0.218. The van der Waals surface area contributed by atoms with E-state index in [2.05, 4.69) is 84.8 Å². The Bertz CT molecular complexity index is 1870. The van der Waals surface area contributed by atoms with Crippen LogP contribution in [0.5, 0.6) is 11.5 Å². The zero-order valence-electron chi connectivity index (χ0n) is 30.2. The molecule has 6 rings (SSSR count). The Morgan fingerprint density at radius 2 is 1.50 bits per heavy atom. The van der Waals surface area contributed by atoms with Crippen molar-refractivity contribution in [3.05, 3.63) is 109 Å². The molecule has 1 aliphatic heterocycles. The van der Waals surface area contributed by atoms with Gasteiger partial charge in [-0.2, -0.15) is 0 Å². The Hall–Kier alpha value is -3.92. The minimum absolute atomic E-state index is 0.0903. The van der Waals surface area contributed by atoms with E-state index in [0.29, 0.717) is 30.9 Å². The van der Waals surface area contributed by atoms with Gasteiger partial charge in [0.15, 0.2) is 29.7 Å². The van der Waals surface area contributed by atoms with Crippen LogP contribution in [-0.4, -0.2) is 42.6 Å². The van der Waals surface area contributed by atoms with Crippen LogP contribution < -0.4 is 14.8 Å². The number of aryl methyl sites for hydroxylation is 2. The number of anilines is 1. The molecule has 0 fully saturated rings. The molecule has 3 aromatic rings. The van der Waals surface area contributed by atoms with Gasteiger partial charge in [0.05, 0.1) is 10.7 Å². The lowest BCUT2D eigenvalue weighted by molar-refractivity contribution is -0.120. The number of nitrogens with one attached hydrogen (secondary N) is 1. The zero-order chi connectivity index (χ0) is 36.0. The number of ketones is 2. The first-order chi connectivity index (χ1) is 23.7. The fraction of sp³-hybridized carbons (Fsp3) is 0.405. The molecule has 0 radical (unpaired) electrons. The van der Waals surface area contributed by atoms with Crippen molar-refractivity contribution in [3.63, 3.8) is 0 Å². The molecule has 3 aromatic carbocycles. The van der Waals surface area contributed by atoms with Gasteiger partial charge in [-0.05, 0) is 101 Å². The van der Waals surface area contributed by atoms with Gasteiger partial charge in [0.1, 0.15) is 0 Å². The minimum atomic E-state index is -0.510. The Kier molecular flexibility index (Phi) is 10.1. The predicted octanol–water partition coefficient (Wildman–Crippen LogP) is 8.86. The molecule has 3 aliphatic rings. The molecule has 0 spiro atoms. The van der Waals surface area contributed by atoms with E-state index in [4.69, 9.17) is 9.47 Å². The third-order valence-electron chi connectivity index (χ3n) is 10.1. The third kappa shape index (κ3) is 7.41. The molecule has 8 heteroatoms. The number of Topliss-reactive ketones (excluding diaryl/α,β-unsaturated/α-hetero) is 2. The van der Waals surface area contributed by atoms with E-state index in [9.17, 15) is 14.4 Å². The number of nitrogens with zero attached hydrogens (tertiary/aromatic N) is 1. The van der Waals surface area contributed by atoms with Gasteiger partial charge in [-0.25, -0.2) is 0 Å². The summed E-state index contributed by atoms with van der Waals surface area (Å²) in [6, 6.07) is 20.1. The van der Waals surface area contributed by atoms with Crippen LogP contribution in [0.15, 0.2) is 83.2 Å². The summed E-state index contributed by atoms with van der Waals surface area (Å²) in [6.45, 7) is 13.1. The number of carbonyl (C=O) groups is 3. The number of halogens is 1. The highest BCUT2D eigenvalue weighted by atomic mass is 127. The summed E-state index contributed by atoms with van der Waals surface area (Å²) < 4.78 is 12.7. The fourth-order valence-corrected chi connectivity index (χ4v) is 8.64. The van der Waals surface area contributed by atoms with Gasteiger partial charge in [0, 0.05) is 53.5 Å². The van der Waals surface area contributed by atoms with E-state index >= 15 is 0 Å². The first-order valence-corrected chi connectivity index (χ1v) is 18.5. The average molecular weight is 787 g/mol. The minimum Gasteiger partial charge on any atom is -0.493 e. The van der Waals surface area contributed by atoms with Gasteiger partial charge < -0.3 is 19.7 Å². The van der Waals surface area contributed by atoms with Crippen LogP contribution in [0.1, 0.15) is 81.5 Å². The van der Waals surface area contributed by atoms with Crippen molar-refractivity contribution < 1.29 is 23.9 Å². The Morgan fingerprint density at radius 1 is 0.880 bits per heavy atom. The molecule has 50 heavy (non-hydrogen) atoms. The van der Waals surface area contributed by atoms with Crippen LogP contribution in [0.25, 0.3) is 0 Å². The van der Waals surface area contributed by atoms with Gasteiger partial charge in [-0.1, -0.05) is 75.7 Å². The summed E-state index contributed by atoms with van der Waals surface area (Å²) in [4.78, 5) is 43.9. The first kappa shape index (κ1) is 35.9. The van der Waals surface area contributed by atoms with Gasteiger partial charge in [-0.15, -0.1) is 0 Å². The molecule has 2 aliphatic carbocycles. The summed E-state index contributed by atoms with van der Waals surface area (Å²) in [5, 5.41) is 2.94. The number of hydrogen-bond donors (Lipinski definition) is 1. The summed E-state index contributed by atoms with van der Waals surface area (Å²) in [6.07, 6.45) is 3.13. The van der Waals surface area contributed by atoms with Crippen LogP contribution in [0.4, 0.5) is 5.69 Å². The molecule has 0 saturated heterocycles. The maximum absolute atomic E-state index is 14.3. The number of allylic oxidation sites excluding steroid dienone is 4. The number of hydrogen-bond acceptors (Lipinski definition) is 6. The van der Waals surface area contributed by atoms with Crippen molar-refractivity contribution in [2.45, 2.75) is 79.6 Å². The highest BCUT2D eigenvalue weighted by Crippen LogP contribution is 2.55. The Labute approximate surface area is 309 Å². The van der Waals surface area contributed by atoms with E-state index in [-0.39, 0.29) is 34.9 Å². The van der Waals surface area contributed by atoms with E-state index in [1.807, 2.05) is 50.2 Å². The molecule has 0 saturated carbocycles. The van der Waals surface area contributed by atoms with E-state index in [1.165, 1.54) is 5.56 Å². The van der Waals surface area contributed by atoms with Crippen molar-refractivity contribution in [3.8, 4) is 11.5 Å². The lowest BCUT2D eigenvalue weighted by atomic mass is 9.63. The molecule has 262 valence electrons. The fourth-order valence-electron chi connectivity index (χ4n) is 7.86. The molecule has 1 heterocycles. The van der Waals surface area contributed by atoms with Gasteiger partial charge in [0.2, 0.25) is 0 Å². The van der Waals surface area contributed by atoms with E-state index in [0.717, 1.165) is 67.8 Å². The largest absolute Gasteiger partial charge is 0.493 e. The maximum atomic E-state index is 14.3. The maximum Gasteiger partial charge on any atom is 0.262 e. The van der Waals surface area contributed by atoms with Gasteiger partial charge >= 0.3 is 0 Å². The summed E-state index contributed by atoms with van der Waals surface area (Å²) in [5.74, 6) is 0.291. The van der Waals surface area contributed by atoms with Crippen LogP contribution in [0, 0.1) is 28.2 Å². The number of rotatable bonds is 9. The van der Waals surface area contributed by atoms with Crippen LogP contribution in [0.3, 0.4) is 0 Å². The van der Waals surface area contributed by atoms with E-state index in [1.54, 1.807) is 7.11 Å². The van der Waals surface area contributed by atoms with Crippen molar-refractivity contribution in [1.29, 1.82) is 0 Å². The molecular weight excluding hydrogens is 739 g/mol. The molecular formula is C42H47IN2O5. The van der Waals surface area contributed by atoms with Crippen LogP contribution in [-0.2, 0) is 20.8 Å². The molecule has 1 N–H and O–H groups in total. The van der Waals surface area contributed by atoms with Crippen molar-refractivity contribution in [1.82, 2.24) is 4.90 Å². The van der Waals surface area contributed by atoms with Crippen LogP contribution >= 0.6 is 22.6 Å². The molecule has 7 nitrogen and oxygen atoms in total. The van der Waals surface area contributed by atoms with Crippen LogP contribution in [0.2, 0.25) is 0 Å². The number of methoxy groups -OCH3 is 1. The summed E-state index contributed by atoms with van der Waals surface area (Å²) in [7, 11) is 1.57.